The van der Waals surface area contributed by atoms with E-state index in [4.69, 9.17) is 10.00 Å². The maximum absolute atomic E-state index is 11.6. The monoisotopic (exact) mass is 321 g/mol. The van der Waals surface area contributed by atoms with Crippen LogP contribution >= 0.6 is 0 Å². The Balaban J connectivity index is 1.96. The van der Waals surface area contributed by atoms with E-state index in [1.54, 1.807) is 31.2 Å². The van der Waals surface area contributed by atoms with Gasteiger partial charge in [-0.1, -0.05) is 11.8 Å². The number of hydrogen-bond acceptors (Lipinski definition) is 5. The van der Waals surface area contributed by atoms with Crippen molar-refractivity contribution in [3.63, 3.8) is 0 Å². The summed E-state index contributed by atoms with van der Waals surface area (Å²) in [6.45, 7) is 2.38. The average molecular weight is 321 g/mol. The summed E-state index contributed by atoms with van der Waals surface area (Å²) in [4.78, 5) is 15.5. The Labute approximate surface area is 139 Å². The number of carbonyl (C=O) groups excluding carboxylic acids is 1. The molecular weight excluding hydrogens is 306 g/mol. The van der Waals surface area contributed by atoms with E-state index in [0.717, 1.165) is 0 Å². The van der Waals surface area contributed by atoms with Gasteiger partial charge in [0.05, 0.1) is 11.6 Å². The summed E-state index contributed by atoms with van der Waals surface area (Å²) in [6.07, 6.45) is 1.42. The summed E-state index contributed by atoms with van der Waals surface area (Å²) >= 11 is 0. The number of benzene rings is 1. The zero-order chi connectivity index (χ0) is 17.4. The largest absolute Gasteiger partial charge is 0.505 e. The first-order valence-corrected chi connectivity index (χ1v) is 7.23. The number of hydrogen-bond donors (Lipinski definition) is 2. The Morgan fingerprint density at radius 2 is 2.08 bits per heavy atom. The first kappa shape index (κ1) is 16.9. The molecular formula is C18H15N3O3. The lowest BCUT2D eigenvalue weighted by atomic mass is 10.2. The molecule has 1 amide bonds. The summed E-state index contributed by atoms with van der Waals surface area (Å²) in [5.74, 6) is 5.54. The molecule has 24 heavy (non-hydrogen) atoms. The predicted octanol–water partition coefficient (Wildman–Crippen LogP) is 1.84. The number of nitrogens with zero attached hydrogens (tertiary/aromatic N) is 2. The quantitative estimate of drug-likeness (QED) is 0.838. The summed E-state index contributed by atoms with van der Waals surface area (Å²) in [7, 11) is 0. The van der Waals surface area contributed by atoms with Crippen LogP contribution in [0.25, 0.3) is 0 Å². The molecule has 0 fully saturated rings. The number of pyridine rings is 1. The van der Waals surface area contributed by atoms with Gasteiger partial charge < -0.3 is 15.2 Å². The van der Waals surface area contributed by atoms with E-state index in [-0.39, 0.29) is 18.1 Å². The third-order valence-corrected chi connectivity index (χ3v) is 2.95. The standard InChI is InChI=1S/C18H15N3O3/c1-2-20-18(23)17-16(22)10-14(12-21-17)4-3-9-24-15-7-5-13(11-19)6-8-15/h5-8,10,12,22H,2,9H2,1H3,(H,20,23). The zero-order valence-corrected chi connectivity index (χ0v) is 13.0. The molecule has 2 rings (SSSR count). The van der Waals surface area contributed by atoms with Crippen LogP contribution in [-0.4, -0.2) is 29.1 Å². The minimum atomic E-state index is -0.432. The van der Waals surface area contributed by atoms with Gasteiger partial charge in [0.15, 0.2) is 5.69 Å². The van der Waals surface area contributed by atoms with Gasteiger partial charge in [-0.2, -0.15) is 5.26 Å². The number of ether oxygens (including phenoxy) is 1. The van der Waals surface area contributed by atoms with Gasteiger partial charge in [0.2, 0.25) is 0 Å². The number of aromatic nitrogens is 1. The molecule has 120 valence electrons. The topological polar surface area (TPSA) is 95.2 Å². The third kappa shape index (κ3) is 4.49. The molecule has 0 aliphatic carbocycles. The summed E-state index contributed by atoms with van der Waals surface area (Å²) in [6, 6.07) is 10.1. The van der Waals surface area contributed by atoms with E-state index in [9.17, 15) is 9.90 Å². The van der Waals surface area contributed by atoms with Gasteiger partial charge in [-0.15, -0.1) is 0 Å². The van der Waals surface area contributed by atoms with Gasteiger partial charge in [0.1, 0.15) is 18.1 Å². The van der Waals surface area contributed by atoms with E-state index in [0.29, 0.717) is 23.4 Å². The van der Waals surface area contributed by atoms with Crippen molar-refractivity contribution in [1.29, 1.82) is 5.26 Å². The fraction of sp³-hybridized carbons (Fsp3) is 0.167. The second-order valence-electron chi connectivity index (χ2n) is 4.68. The molecule has 1 aromatic heterocycles. The molecule has 0 atom stereocenters. The molecule has 0 spiro atoms. The Hall–Kier alpha value is -3.51. The lowest BCUT2D eigenvalue weighted by molar-refractivity contribution is 0.0948. The molecule has 0 unspecified atom stereocenters. The van der Waals surface area contributed by atoms with Crippen LogP contribution in [0, 0.1) is 23.2 Å². The van der Waals surface area contributed by atoms with Crippen molar-refractivity contribution in [3.05, 3.63) is 53.3 Å². The van der Waals surface area contributed by atoms with Crippen molar-refractivity contribution in [3.8, 4) is 29.4 Å². The molecule has 0 radical (unpaired) electrons. The fourth-order valence-electron chi connectivity index (χ4n) is 1.82. The van der Waals surface area contributed by atoms with Crippen LogP contribution in [0.4, 0.5) is 0 Å². The van der Waals surface area contributed by atoms with Crippen LogP contribution in [0.15, 0.2) is 36.5 Å². The Bertz CT molecular complexity index is 827. The van der Waals surface area contributed by atoms with Crippen molar-refractivity contribution >= 4 is 5.91 Å². The molecule has 6 heteroatoms. The SMILES string of the molecule is CCNC(=O)c1ncc(C#CCOc2ccc(C#N)cc2)cc1O. The number of nitriles is 1. The van der Waals surface area contributed by atoms with Crippen LogP contribution in [-0.2, 0) is 0 Å². The normalized spacial score (nSPS) is 9.33. The maximum atomic E-state index is 11.6. The van der Waals surface area contributed by atoms with E-state index in [2.05, 4.69) is 22.1 Å². The molecule has 0 saturated carbocycles. The second-order valence-corrected chi connectivity index (χ2v) is 4.68. The summed E-state index contributed by atoms with van der Waals surface area (Å²) < 4.78 is 5.42. The fourth-order valence-corrected chi connectivity index (χ4v) is 1.82. The number of nitrogens with one attached hydrogen (secondary N) is 1. The van der Waals surface area contributed by atoms with Crippen LogP contribution in [0.3, 0.4) is 0 Å². The van der Waals surface area contributed by atoms with Crippen molar-refractivity contribution in [2.24, 2.45) is 0 Å². The minimum absolute atomic E-state index is 0.0313. The maximum Gasteiger partial charge on any atom is 0.273 e. The van der Waals surface area contributed by atoms with E-state index in [1.165, 1.54) is 12.3 Å². The average Bonchev–Trinajstić information content (AvgIpc) is 2.59. The van der Waals surface area contributed by atoms with Crippen molar-refractivity contribution < 1.29 is 14.6 Å². The van der Waals surface area contributed by atoms with E-state index >= 15 is 0 Å². The highest BCUT2D eigenvalue weighted by atomic mass is 16.5. The summed E-state index contributed by atoms with van der Waals surface area (Å²) in [5, 5.41) is 21.1. The van der Waals surface area contributed by atoms with Gasteiger partial charge in [-0.25, -0.2) is 4.98 Å². The first-order chi connectivity index (χ1) is 11.6. The van der Waals surface area contributed by atoms with Gasteiger partial charge in [-0.3, -0.25) is 4.79 Å². The number of amides is 1. The Morgan fingerprint density at radius 1 is 1.33 bits per heavy atom. The van der Waals surface area contributed by atoms with Crippen molar-refractivity contribution in [2.45, 2.75) is 6.92 Å². The third-order valence-electron chi connectivity index (χ3n) is 2.95. The predicted molar refractivity (Wildman–Crippen MR) is 87.4 cm³/mol. The smallest absolute Gasteiger partial charge is 0.273 e. The zero-order valence-electron chi connectivity index (χ0n) is 13.0. The highest BCUT2D eigenvalue weighted by Crippen LogP contribution is 2.15. The van der Waals surface area contributed by atoms with Gasteiger partial charge >= 0.3 is 0 Å². The van der Waals surface area contributed by atoms with Crippen LogP contribution in [0.1, 0.15) is 28.5 Å². The van der Waals surface area contributed by atoms with Gasteiger partial charge in [0.25, 0.3) is 5.91 Å². The molecule has 0 aliphatic heterocycles. The molecule has 2 aromatic rings. The Morgan fingerprint density at radius 3 is 2.71 bits per heavy atom. The molecule has 6 nitrogen and oxygen atoms in total. The second kappa shape index (κ2) is 8.21. The lowest BCUT2D eigenvalue weighted by Crippen LogP contribution is -2.23. The molecule has 0 aliphatic rings. The van der Waals surface area contributed by atoms with E-state index in [1.807, 2.05) is 6.07 Å². The molecule has 1 aromatic carbocycles. The molecule has 0 saturated heterocycles. The molecule has 0 bridgehead atoms. The van der Waals surface area contributed by atoms with E-state index < -0.39 is 5.91 Å². The van der Waals surface area contributed by atoms with Crippen LogP contribution < -0.4 is 10.1 Å². The van der Waals surface area contributed by atoms with Crippen molar-refractivity contribution in [2.75, 3.05) is 13.2 Å². The van der Waals surface area contributed by atoms with Crippen LogP contribution in [0.5, 0.6) is 11.5 Å². The highest BCUT2D eigenvalue weighted by molar-refractivity contribution is 5.94. The number of aromatic hydroxyl groups is 1. The lowest BCUT2D eigenvalue weighted by Gasteiger charge is -2.03. The van der Waals surface area contributed by atoms with Gasteiger partial charge in [-0.05, 0) is 37.3 Å². The highest BCUT2D eigenvalue weighted by Gasteiger charge is 2.11. The van der Waals surface area contributed by atoms with Crippen LogP contribution in [0.2, 0.25) is 0 Å². The minimum Gasteiger partial charge on any atom is -0.505 e. The number of rotatable bonds is 4. The first-order valence-electron chi connectivity index (χ1n) is 7.23. The summed E-state index contributed by atoms with van der Waals surface area (Å²) in [5.41, 5.74) is 1.00. The number of carbonyl (C=O) groups is 1. The molecule has 1 heterocycles. The molecule has 2 N–H and O–H groups in total. The Kier molecular flexibility index (Phi) is 5.76. The van der Waals surface area contributed by atoms with Crippen molar-refractivity contribution in [1.82, 2.24) is 10.3 Å². The van der Waals surface area contributed by atoms with Gasteiger partial charge in [0, 0.05) is 18.3 Å².